The minimum absolute atomic E-state index is 0.120. The number of rotatable bonds is 13. The van der Waals surface area contributed by atoms with Gasteiger partial charge in [-0.3, -0.25) is 9.69 Å². The Bertz CT molecular complexity index is 287. The second kappa shape index (κ2) is 11.9. The van der Waals surface area contributed by atoms with Crippen molar-refractivity contribution in [1.82, 2.24) is 4.90 Å². The predicted molar refractivity (Wildman–Crippen MR) is 95.2 cm³/mol. The van der Waals surface area contributed by atoms with Crippen molar-refractivity contribution in [2.75, 3.05) is 14.1 Å². The minimum atomic E-state index is -0.345. The number of esters is 1. The lowest BCUT2D eigenvalue weighted by Gasteiger charge is -2.28. The van der Waals surface area contributed by atoms with Gasteiger partial charge in [0.25, 0.3) is 0 Å². The summed E-state index contributed by atoms with van der Waals surface area (Å²) in [6.45, 7) is 8.20. The van der Waals surface area contributed by atoms with Crippen molar-refractivity contribution in [2.24, 2.45) is 0 Å². The molecule has 3 heteroatoms. The molecule has 0 fully saturated rings. The molecule has 0 spiro atoms. The Kier molecular flexibility index (Phi) is 11.6. The third kappa shape index (κ3) is 11.1. The van der Waals surface area contributed by atoms with Crippen LogP contribution in [0.3, 0.4) is 0 Å². The number of carbonyl (C=O) groups excluding carboxylic acids is 1. The number of carbonyl (C=O) groups is 1. The molecule has 132 valence electrons. The van der Waals surface area contributed by atoms with Gasteiger partial charge in [-0.15, -0.1) is 0 Å². The zero-order chi connectivity index (χ0) is 17.0. The fourth-order valence-electron chi connectivity index (χ4n) is 2.48. The van der Waals surface area contributed by atoms with Crippen LogP contribution in [0.2, 0.25) is 0 Å². The van der Waals surface area contributed by atoms with E-state index in [0.717, 1.165) is 12.8 Å². The molecule has 0 aromatic rings. The fraction of sp³-hybridized carbons (Fsp3) is 0.947. The van der Waals surface area contributed by atoms with Crippen LogP contribution in [-0.2, 0) is 9.53 Å². The van der Waals surface area contributed by atoms with Gasteiger partial charge in [-0.05, 0) is 47.7 Å². The monoisotopic (exact) mass is 313 g/mol. The van der Waals surface area contributed by atoms with Crippen LogP contribution in [0.25, 0.3) is 0 Å². The largest absolute Gasteiger partial charge is 0.459 e. The van der Waals surface area contributed by atoms with Gasteiger partial charge in [0, 0.05) is 0 Å². The highest BCUT2D eigenvalue weighted by molar-refractivity contribution is 5.75. The van der Waals surface area contributed by atoms with E-state index in [1.807, 2.05) is 39.8 Å². The van der Waals surface area contributed by atoms with Gasteiger partial charge >= 0.3 is 5.97 Å². The summed E-state index contributed by atoms with van der Waals surface area (Å²) in [6, 6.07) is -0.178. The first-order valence-electron chi connectivity index (χ1n) is 9.19. The number of likely N-dealkylation sites (N-methyl/N-ethyl adjacent to an activating group) is 1. The van der Waals surface area contributed by atoms with Crippen LogP contribution in [0.1, 0.15) is 91.9 Å². The first-order chi connectivity index (χ1) is 10.3. The van der Waals surface area contributed by atoms with E-state index in [9.17, 15) is 4.79 Å². The highest BCUT2D eigenvalue weighted by Gasteiger charge is 2.26. The lowest BCUT2D eigenvalue weighted by atomic mass is 9.99. The van der Waals surface area contributed by atoms with E-state index in [0.29, 0.717) is 0 Å². The summed E-state index contributed by atoms with van der Waals surface area (Å²) in [4.78, 5) is 13.9. The van der Waals surface area contributed by atoms with Crippen LogP contribution in [-0.4, -0.2) is 36.6 Å². The lowest BCUT2D eigenvalue weighted by molar-refractivity contribution is -0.162. The van der Waals surface area contributed by atoms with Crippen molar-refractivity contribution in [3.8, 4) is 0 Å². The Labute approximate surface area is 138 Å². The second-order valence-corrected chi connectivity index (χ2v) is 7.40. The molecule has 0 aliphatic carbocycles. The van der Waals surface area contributed by atoms with Gasteiger partial charge in [-0.2, -0.15) is 0 Å². The molecule has 0 bridgehead atoms. The Morgan fingerprint density at radius 2 is 1.41 bits per heavy atom. The van der Waals surface area contributed by atoms with E-state index in [1.54, 1.807) is 0 Å². The molecule has 22 heavy (non-hydrogen) atoms. The summed E-state index contributed by atoms with van der Waals surface area (Å²) in [7, 11) is 3.80. The Morgan fingerprint density at radius 3 is 1.86 bits per heavy atom. The summed E-state index contributed by atoms with van der Waals surface area (Å²) < 4.78 is 5.65. The Hall–Kier alpha value is -0.570. The quantitative estimate of drug-likeness (QED) is 0.346. The minimum Gasteiger partial charge on any atom is -0.459 e. The number of nitrogens with zero attached hydrogens (tertiary/aromatic N) is 1. The molecule has 0 radical (unpaired) electrons. The summed E-state index contributed by atoms with van der Waals surface area (Å²) in [5.41, 5.74) is -0.345. The topological polar surface area (TPSA) is 29.5 Å². The highest BCUT2D eigenvalue weighted by atomic mass is 16.6. The SMILES string of the molecule is CCCCCCCCCCCC(C)(C)OC(=O)C(C)N(C)C. The molecule has 1 unspecified atom stereocenters. The molecule has 0 saturated carbocycles. The molecule has 0 aromatic carbocycles. The van der Waals surface area contributed by atoms with Gasteiger partial charge in [0.2, 0.25) is 0 Å². The maximum absolute atomic E-state index is 12.0. The van der Waals surface area contributed by atoms with Crippen LogP contribution in [0.4, 0.5) is 0 Å². The van der Waals surface area contributed by atoms with Gasteiger partial charge in [0.15, 0.2) is 0 Å². The highest BCUT2D eigenvalue weighted by Crippen LogP contribution is 2.21. The van der Waals surface area contributed by atoms with Crippen molar-refractivity contribution in [3.63, 3.8) is 0 Å². The molecule has 3 nitrogen and oxygen atoms in total. The lowest BCUT2D eigenvalue weighted by Crippen LogP contribution is -2.39. The summed E-state index contributed by atoms with van der Waals surface area (Å²) in [5, 5.41) is 0. The molecule has 1 atom stereocenters. The van der Waals surface area contributed by atoms with E-state index in [2.05, 4.69) is 6.92 Å². The van der Waals surface area contributed by atoms with E-state index < -0.39 is 0 Å². The Balaban J connectivity index is 3.69. The first-order valence-corrected chi connectivity index (χ1v) is 9.19. The van der Waals surface area contributed by atoms with Crippen molar-refractivity contribution >= 4 is 5.97 Å². The maximum atomic E-state index is 12.0. The van der Waals surface area contributed by atoms with E-state index in [-0.39, 0.29) is 17.6 Å². The molecule has 0 saturated heterocycles. The van der Waals surface area contributed by atoms with Crippen LogP contribution in [0.5, 0.6) is 0 Å². The van der Waals surface area contributed by atoms with E-state index in [4.69, 9.17) is 4.74 Å². The third-order valence-corrected chi connectivity index (χ3v) is 4.37. The van der Waals surface area contributed by atoms with Gasteiger partial charge in [0.05, 0.1) is 0 Å². The van der Waals surface area contributed by atoms with Crippen LogP contribution < -0.4 is 0 Å². The van der Waals surface area contributed by atoms with Crippen molar-refractivity contribution in [2.45, 2.75) is 104 Å². The number of unbranched alkanes of at least 4 members (excludes halogenated alkanes) is 8. The second-order valence-electron chi connectivity index (χ2n) is 7.40. The molecule has 0 aromatic heterocycles. The molecule has 0 N–H and O–H groups in total. The van der Waals surface area contributed by atoms with Crippen molar-refractivity contribution in [3.05, 3.63) is 0 Å². The summed E-state index contributed by atoms with van der Waals surface area (Å²) in [6.07, 6.45) is 12.9. The number of ether oxygens (including phenoxy) is 1. The van der Waals surface area contributed by atoms with E-state index >= 15 is 0 Å². The number of hydrogen-bond acceptors (Lipinski definition) is 3. The van der Waals surface area contributed by atoms with Crippen molar-refractivity contribution in [1.29, 1.82) is 0 Å². The summed E-state index contributed by atoms with van der Waals surface area (Å²) >= 11 is 0. The maximum Gasteiger partial charge on any atom is 0.323 e. The average molecular weight is 314 g/mol. The van der Waals surface area contributed by atoms with Crippen LogP contribution >= 0.6 is 0 Å². The molecule has 0 heterocycles. The van der Waals surface area contributed by atoms with Crippen LogP contribution in [0, 0.1) is 0 Å². The van der Waals surface area contributed by atoms with Gasteiger partial charge in [0.1, 0.15) is 11.6 Å². The standard InChI is InChI=1S/C19H39NO2/c1-7-8-9-10-11-12-13-14-15-16-19(3,4)22-18(21)17(2)20(5)6/h17H,7-16H2,1-6H3. The predicted octanol–water partition coefficient (Wildman–Crippen LogP) is 5.18. The molecular formula is C19H39NO2. The van der Waals surface area contributed by atoms with E-state index in [1.165, 1.54) is 51.4 Å². The average Bonchev–Trinajstić information content (AvgIpc) is 2.44. The van der Waals surface area contributed by atoms with Gasteiger partial charge in [-0.25, -0.2) is 0 Å². The fourth-order valence-corrected chi connectivity index (χ4v) is 2.48. The smallest absolute Gasteiger partial charge is 0.323 e. The molecule has 0 amide bonds. The van der Waals surface area contributed by atoms with Crippen molar-refractivity contribution < 1.29 is 9.53 Å². The zero-order valence-corrected chi connectivity index (χ0v) is 15.9. The van der Waals surface area contributed by atoms with Crippen LogP contribution in [0.15, 0.2) is 0 Å². The normalized spacial score (nSPS) is 13.4. The molecule has 0 rings (SSSR count). The van der Waals surface area contributed by atoms with Gasteiger partial charge < -0.3 is 4.74 Å². The molecule has 0 aliphatic heterocycles. The van der Waals surface area contributed by atoms with Gasteiger partial charge in [-0.1, -0.05) is 58.3 Å². The first kappa shape index (κ1) is 21.4. The molecule has 0 aliphatic rings. The Morgan fingerprint density at radius 1 is 0.955 bits per heavy atom. The summed E-state index contributed by atoms with van der Waals surface area (Å²) in [5.74, 6) is -0.120. The molecular weight excluding hydrogens is 274 g/mol. The zero-order valence-electron chi connectivity index (χ0n) is 15.9. The third-order valence-electron chi connectivity index (χ3n) is 4.37. The number of hydrogen-bond donors (Lipinski definition) is 0.